The minimum atomic E-state index is -0.585. The number of anilines is 1. The van der Waals surface area contributed by atoms with Gasteiger partial charge in [0.15, 0.2) is 18.1 Å². The quantitative estimate of drug-likeness (QED) is 0.326. The summed E-state index contributed by atoms with van der Waals surface area (Å²) in [5.41, 5.74) is 7.24. The van der Waals surface area contributed by atoms with Gasteiger partial charge in [0.1, 0.15) is 17.1 Å². The molecule has 34 heavy (non-hydrogen) atoms. The monoisotopic (exact) mass is 466 g/mol. The standard InChI is InChI=1S/C22H22N6O6/c1-3-32-22(31)16-11(2)34-21-17(16)19(23)25-14(26-21)10-33-15(29)8-9-24-20(30)18-12-6-4-5-7-13(12)27-28-18/h4-7H,3,8-10H2,1-2H3,(H,24,30)(H,27,28)(H2,23,25,26). The van der Waals surface area contributed by atoms with Crippen molar-refractivity contribution in [1.82, 2.24) is 25.5 Å². The summed E-state index contributed by atoms with van der Waals surface area (Å²) in [6.07, 6.45) is -0.0707. The number of aromatic amines is 1. The van der Waals surface area contributed by atoms with E-state index in [1.54, 1.807) is 26.0 Å². The highest BCUT2D eigenvalue weighted by Gasteiger charge is 2.24. The zero-order valence-electron chi connectivity index (χ0n) is 18.5. The number of fused-ring (bicyclic) bond motifs is 2. The number of aryl methyl sites for hydroxylation is 1. The summed E-state index contributed by atoms with van der Waals surface area (Å²) in [6.45, 7) is 3.27. The normalized spacial score (nSPS) is 11.0. The number of amides is 1. The molecule has 0 saturated heterocycles. The summed E-state index contributed by atoms with van der Waals surface area (Å²) >= 11 is 0. The van der Waals surface area contributed by atoms with Gasteiger partial charge < -0.3 is 24.9 Å². The van der Waals surface area contributed by atoms with Gasteiger partial charge in [0.05, 0.1) is 23.9 Å². The molecule has 1 aromatic carbocycles. The molecule has 12 nitrogen and oxygen atoms in total. The third-order valence-electron chi connectivity index (χ3n) is 4.94. The number of esters is 2. The van der Waals surface area contributed by atoms with Gasteiger partial charge in [-0.25, -0.2) is 9.78 Å². The predicted octanol–water partition coefficient (Wildman–Crippen LogP) is 2.03. The Labute approximate surface area is 192 Å². The van der Waals surface area contributed by atoms with Crippen molar-refractivity contribution >= 4 is 45.7 Å². The van der Waals surface area contributed by atoms with Crippen molar-refractivity contribution in [2.24, 2.45) is 0 Å². The third kappa shape index (κ3) is 4.51. The molecule has 0 atom stereocenters. The highest BCUT2D eigenvalue weighted by molar-refractivity contribution is 6.07. The van der Waals surface area contributed by atoms with Crippen LogP contribution in [0.3, 0.4) is 0 Å². The van der Waals surface area contributed by atoms with Gasteiger partial charge >= 0.3 is 11.9 Å². The number of hydrogen-bond donors (Lipinski definition) is 3. The van der Waals surface area contributed by atoms with E-state index >= 15 is 0 Å². The molecular weight excluding hydrogens is 444 g/mol. The Bertz CT molecular complexity index is 1390. The van der Waals surface area contributed by atoms with Crippen LogP contribution in [0.5, 0.6) is 0 Å². The van der Waals surface area contributed by atoms with Crippen LogP contribution in [-0.2, 0) is 20.9 Å². The molecule has 176 valence electrons. The number of carbonyl (C=O) groups excluding carboxylic acids is 3. The molecule has 4 rings (SSSR count). The Balaban J connectivity index is 1.33. The Morgan fingerprint density at radius 1 is 1.18 bits per heavy atom. The van der Waals surface area contributed by atoms with E-state index in [0.717, 1.165) is 5.52 Å². The topological polar surface area (TPSA) is 175 Å². The molecule has 0 spiro atoms. The number of hydrogen-bond acceptors (Lipinski definition) is 10. The zero-order chi connectivity index (χ0) is 24.2. The van der Waals surface area contributed by atoms with Crippen LogP contribution in [-0.4, -0.2) is 51.2 Å². The maximum Gasteiger partial charge on any atom is 0.342 e. The van der Waals surface area contributed by atoms with Crippen molar-refractivity contribution < 1.29 is 28.3 Å². The van der Waals surface area contributed by atoms with Gasteiger partial charge in [-0.1, -0.05) is 18.2 Å². The van der Waals surface area contributed by atoms with Crippen LogP contribution in [0.2, 0.25) is 0 Å². The number of nitrogens with zero attached hydrogens (tertiary/aromatic N) is 3. The summed E-state index contributed by atoms with van der Waals surface area (Å²) < 4.78 is 15.7. The SMILES string of the molecule is CCOC(=O)c1c(C)oc2nc(COC(=O)CCNC(=O)c3n[nH]c4ccccc34)nc(N)c12. The molecule has 0 saturated carbocycles. The largest absolute Gasteiger partial charge is 0.462 e. The number of H-pyrrole nitrogens is 1. The molecule has 3 heterocycles. The van der Waals surface area contributed by atoms with Crippen LogP contribution in [0.4, 0.5) is 5.82 Å². The summed E-state index contributed by atoms with van der Waals surface area (Å²) in [7, 11) is 0. The molecule has 12 heteroatoms. The van der Waals surface area contributed by atoms with Crippen molar-refractivity contribution in [2.75, 3.05) is 18.9 Å². The second-order valence-electron chi connectivity index (χ2n) is 7.24. The number of benzene rings is 1. The average Bonchev–Trinajstić information content (AvgIpc) is 3.38. The fraction of sp³-hybridized carbons (Fsp3) is 0.273. The molecule has 1 amide bonds. The van der Waals surface area contributed by atoms with Crippen molar-refractivity contribution in [3.63, 3.8) is 0 Å². The number of carbonyl (C=O) groups is 3. The second-order valence-corrected chi connectivity index (χ2v) is 7.24. The lowest BCUT2D eigenvalue weighted by Crippen LogP contribution is -2.27. The maximum absolute atomic E-state index is 12.3. The van der Waals surface area contributed by atoms with Gasteiger partial charge in [0, 0.05) is 11.9 Å². The second kappa shape index (κ2) is 9.57. The summed E-state index contributed by atoms with van der Waals surface area (Å²) in [4.78, 5) is 44.9. The lowest BCUT2D eigenvalue weighted by atomic mass is 10.2. The van der Waals surface area contributed by atoms with Gasteiger partial charge in [0.2, 0.25) is 5.71 Å². The number of nitrogens with one attached hydrogen (secondary N) is 2. The van der Waals surface area contributed by atoms with Crippen LogP contribution in [0.1, 0.15) is 45.8 Å². The molecule has 4 aromatic rings. The van der Waals surface area contributed by atoms with E-state index in [1.165, 1.54) is 0 Å². The summed E-state index contributed by atoms with van der Waals surface area (Å²) in [6, 6.07) is 7.23. The minimum Gasteiger partial charge on any atom is -0.462 e. The fourth-order valence-electron chi connectivity index (χ4n) is 3.41. The average molecular weight is 466 g/mol. The van der Waals surface area contributed by atoms with E-state index in [1.807, 2.05) is 12.1 Å². The zero-order valence-corrected chi connectivity index (χ0v) is 18.5. The van der Waals surface area contributed by atoms with E-state index in [4.69, 9.17) is 19.6 Å². The minimum absolute atomic E-state index is 0.00874. The molecule has 0 aliphatic carbocycles. The van der Waals surface area contributed by atoms with Crippen LogP contribution in [0.15, 0.2) is 28.7 Å². The Morgan fingerprint density at radius 3 is 2.76 bits per heavy atom. The Kier molecular flexibility index (Phi) is 6.39. The molecule has 0 unspecified atom stereocenters. The molecule has 0 radical (unpaired) electrons. The predicted molar refractivity (Wildman–Crippen MR) is 120 cm³/mol. The first kappa shape index (κ1) is 22.7. The smallest absolute Gasteiger partial charge is 0.342 e. The maximum atomic E-state index is 12.3. The molecule has 0 bridgehead atoms. The Morgan fingerprint density at radius 2 is 1.97 bits per heavy atom. The first-order valence-corrected chi connectivity index (χ1v) is 10.5. The van der Waals surface area contributed by atoms with E-state index in [-0.39, 0.29) is 60.2 Å². The van der Waals surface area contributed by atoms with Crippen LogP contribution in [0.25, 0.3) is 22.0 Å². The lowest BCUT2D eigenvalue weighted by Gasteiger charge is -2.06. The number of ether oxygens (including phenoxy) is 2. The number of rotatable bonds is 8. The molecule has 0 aliphatic rings. The van der Waals surface area contributed by atoms with Crippen LogP contribution in [0, 0.1) is 6.92 Å². The molecule has 3 aromatic heterocycles. The molecule has 0 fully saturated rings. The van der Waals surface area contributed by atoms with Gasteiger partial charge in [-0.3, -0.25) is 14.7 Å². The van der Waals surface area contributed by atoms with Gasteiger partial charge in [-0.2, -0.15) is 10.1 Å². The molecule has 4 N–H and O–H groups in total. The van der Waals surface area contributed by atoms with E-state index in [9.17, 15) is 14.4 Å². The number of aromatic nitrogens is 4. The van der Waals surface area contributed by atoms with E-state index in [0.29, 0.717) is 11.1 Å². The van der Waals surface area contributed by atoms with Crippen LogP contribution < -0.4 is 11.1 Å². The lowest BCUT2D eigenvalue weighted by molar-refractivity contribution is -0.145. The van der Waals surface area contributed by atoms with Crippen molar-refractivity contribution in [1.29, 1.82) is 0 Å². The van der Waals surface area contributed by atoms with E-state index < -0.39 is 17.8 Å². The van der Waals surface area contributed by atoms with Gasteiger partial charge in [-0.15, -0.1) is 0 Å². The van der Waals surface area contributed by atoms with Crippen LogP contribution >= 0.6 is 0 Å². The molecule has 0 aliphatic heterocycles. The fourth-order valence-corrected chi connectivity index (χ4v) is 3.41. The van der Waals surface area contributed by atoms with E-state index in [2.05, 4.69) is 25.5 Å². The number of nitrogen functional groups attached to an aromatic ring is 1. The van der Waals surface area contributed by atoms with Crippen molar-refractivity contribution in [3.8, 4) is 0 Å². The number of para-hydroxylation sites is 1. The van der Waals surface area contributed by atoms with Gasteiger partial charge in [-0.05, 0) is 19.9 Å². The Hall–Kier alpha value is -4.48. The summed E-state index contributed by atoms with van der Waals surface area (Å²) in [5, 5.41) is 10.4. The number of furan rings is 1. The van der Waals surface area contributed by atoms with Crippen molar-refractivity contribution in [2.45, 2.75) is 26.9 Å². The number of nitrogens with two attached hydrogens (primary N) is 1. The van der Waals surface area contributed by atoms with Gasteiger partial charge in [0.25, 0.3) is 5.91 Å². The highest BCUT2D eigenvalue weighted by atomic mass is 16.5. The highest BCUT2D eigenvalue weighted by Crippen LogP contribution is 2.29. The molecular formula is C22H22N6O6. The first-order chi connectivity index (χ1) is 16.4. The first-order valence-electron chi connectivity index (χ1n) is 10.5. The summed E-state index contributed by atoms with van der Waals surface area (Å²) in [5.74, 6) is -1.15. The third-order valence-corrected chi connectivity index (χ3v) is 4.94. The van der Waals surface area contributed by atoms with Crippen molar-refractivity contribution in [3.05, 3.63) is 47.1 Å².